The summed E-state index contributed by atoms with van der Waals surface area (Å²) in [4.78, 5) is 4.43. The van der Waals surface area contributed by atoms with Crippen LogP contribution in [-0.4, -0.2) is 16.1 Å². The van der Waals surface area contributed by atoms with Crippen LogP contribution >= 0.6 is 0 Å². The Bertz CT molecular complexity index is 431. The van der Waals surface area contributed by atoms with Crippen LogP contribution in [0.25, 0.3) is 5.69 Å². The Morgan fingerprint density at radius 2 is 2.00 bits per heavy atom. The number of aromatic nitrogens is 2. The van der Waals surface area contributed by atoms with E-state index in [9.17, 15) is 0 Å². The van der Waals surface area contributed by atoms with E-state index in [1.807, 2.05) is 31.3 Å². The predicted molar refractivity (Wildman–Crippen MR) is 62.5 cm³/mol. The van der Waals surface area contributed by atoms with Crippen LogP contribution in [0.4, 0.5) is 5.95 Å². The Morgan fingerprint density at radius 3 is 2.67 bits per heavy atom. The molecule has 3 nitrogen and oxygen atoms in total. The number of hydrogen-bond acceptors (Lipinski definition) is 2. The number of nitrogens with zero attached hydrogens (tertiary/aromatic N) is 2. The van der Waals surface area contributed by atoms with Crippen molar-refractivity contribution in [1.82, 2.24) is 9.55 Å². The van der Waals surface area contributed by atoms with Crippen molar-refractivity contribution in [2.75, 3.05) is 11.9 Å². The summed E-state index contributed by atoms with van der Waals surface area (Å²) in [5, 5.41) is 3.25. The van der Waals surface area contributed by atoms with Crippen molar-refractivity contribution in [1.29, 1.82) is 0 Å². The van der Waals surface area contributed by atoms with Gasteiger partial charge in [-0.15, -0.1) is 0 Å². The molecule has 0 radical (unpaired) electrons. The van der Waals surface area contributed by atoms with Crippen molar-refractivity contribution < 1.29 is 0 Å². The summed E-state index contributed by atoms with van der Waals surface area (Å²) in [6.07, 6.45) is 2.04. The summed E-state index contributed by atoms with van der Waals surface area (Å²) in [5.41, 5.74) is 2.16. The van der Waals surface area contributed by atoms with E-state index in [1.54, 1.807) is 0 Å². The molecule has 1 heterocycles. The lowest BCUT2D eigenvalue weighted by Crippen LogP contribution is -2.04. The third-order valence-corrected chi connectivity index (χ3v) is 2.20. The Morgan fingerprint density at radius 1 is 1.27 bits per heavy atom. The van der Waals surface area contributed by atoms with Crippen LogP contribution in [0.2, 0.25) is 0 Å². The molecule has 0 spiro atoms. The fourth-order valence-electron chi connectivity index (χ4n) is 1.57. The van der Waals surface area contributed by atoms with Gasteiger partial charge in [0.1, 0.15) is 0 Å². The molecule has 0 unspecified atom stereocenters. The van der Waals surface area contributed by atoms with Gasteiger partial charge in [0.2, 0.25) is 5.95 Å². The van der Waals surface area contributed by atoms with Crippen LogP contribution in [0, 0.1) is 6.92 Å². The molecule has 0 atom stereocenters. The molecule has 0 saturated carbocycles. The molecule has 2 rings (SSSR count). The third kappa shape index (κ3) is 2.01. The summed E-state index contributed by atoms with van der Waals surface area (Å²) in [7, 11) is 0. The van der Waals surface area contributed by atoms with Crippen molar-refractivity contribution in [3.05, 3.63) is 42.2 Å². The summed E-state index contributed by atoms with van der Waals surface area (Å²) in [6, 6.07) is 10.2. The van der Waals surface area contributed by atoms with E-state index >= 15 is 0 Å². The van der Waals surface area contributed by atoms with E-state index in [0.717, 1.165) is 23.9 Å². The Balaban J connectivity index is 2.43. The van der Waals surface area contributed by atoms with Gasteiger partial charge < -0.3 is 5.32 Å². The highest BCUT2D eigenvalue weighted by atomic mass is 15.2. The van der Waals surface area contributed by atoms with Crippen LogP contribution < -0.4 is 5.32 Å². The Labute approximate surface area is 89.8 Å². The molecule has 2 aromatic rings. The number of imidazole rings is 1. The van der Waals surface area contributed by atoms with Gasteiger partial charge >= 0.3 is 0 Å². The highest BCUT2D eigenvalue weighted by Crippen LogP contribution is 2.15. The van der Waals surface area contributed by atoms with Gasteiger partial charge in [-0.3, -0.25) is 4.57 Å². The molecule has 78 valence electrons. The zero-order valence-corrected chi connectivity index (χ0v) is 9.07. The second kappa shape index (κ2) is 4.17. The largest absolute Gasteiger partial charge is 0.356 e. The first-order chi connectivity index (χ1) is 7.31. The zero-order valence-electron chi connectivity index (χ0n) is 9.07. The zero-order chi connectivity index (χ0) is 10.7. The molecule has 3 heteroatoms. The van der Waals surface area contributed by atoms with E-state index in [1.165, 1.54) is 0 Å². The number of benzene rings is 1. The summed E-state index contributed by atoms with van der Waals surface area (Å²) < 4.78 is 2.07. The highest BCUT2D eigenvalue weighted by Gasteiger charge is 2.05. The predicted octanol–water partition coefficient (Wildman–Crippen LogP) is 2.61. The fraction of sp³-hybridized carbons (Fsp3) is 0.250. The van der Waals surface area contributed by atoms with Crippen LogP contribution in [0.1, 0.15) is 12.6 Å². The molecule has 1 aromatic heterocycles. The van der Waals surface area contributed by atoms with E-state index in [2.05, 4.69) is 33.9 Å². The topological polar surface area (TPSA) is 29.9 Å². The maximum Gasteiger partial charge on any atom is 0.207 e. The Hall–Kier alpha value is -1.77. The van der Waals surface area contributed by atoms with Gasteiger partial charge in [-0.05, 0) is 26.0 Å². The number of para-hydroxylation sites is 1. The van der Waals surface area contributed by atoms with Crippen molar-refractivity contribution in [3.63, 3.8) is 0 Å². The van der Waals surface area contributed by atoms with Crippen LogP contribution in [-0.2, 0) is 0 Å². The standard InChI is InChI=1S/C12H15N3/c1-3-13-12-14-10(2)9-15(12)11-7-5-4-6-8-11/h4-9H,3H2,1-2H3,(H,13,14). The van der Waals surface area contributed by atoms with Gasteiger partial charge in [-0.25, -0.2) is 4.98 Å². The third-order valence-electron chi connectivity index (χ3n) is 2.20. The van der Waals surface area contributed by atoms with E-state index < -0.39 is 0 Å². The second-order valence-electron chi connectivity index (χ2n) is 3.44. The van der Waals surface area contributed by atoms with Gasteiger partial charge in [-0.2, -0.15) is 0 Å². The normalized spacial score (nSPS) is 10.3. The minimum atomic E-state index is 0.878. The number of anilines is 1. The molecule has 0 fully saturated rings. The van der Waals surface area contributed by atoms with Crippen LogP contribution in [0.5, 0.6) is 0 Å². The molecule has 1 N–H and O–H groups in total. The molecule has 0 amide bonds. The first kappa shape index (κ1) is 9.77. The lowest BCUT2D eigenvalue weighted by molar-refractivity contribution is 1.02. The molecule has 1 aromatic carbocycles. The molecule has 0 bridgehead atoms. The number of rotatable bonds is 3. The first-order valence-electron chi connectivity index (χ1n) is 5.16. The number of hydrogen-bond donors (Lipinski definition) is 1. The maximum absolute atomic E-state index is 4.43. The maximum atomic E-state index is 4.43. The number of nitrogens with one attached hydrogen (secondary N) is 1. The summed E-state index contributed by atoms with van der Waals surface area (Å²) >= 11 is 0. The monoisotopic (exact) mass is 201 g/mol. The minimum absolute atomic E-state index is 0.878. The fourth-order valence-corrected chi connectivity index (χ4v) is 1.57. The van der Waals surface area contributed by atoms with Gasteiger partial charge in [-0.1, -0.05) is 18.2 Å². The van der Waals surface area contributed by atoms with E-state index in [4.69, 9.17) is 0 Å². The van der Waals surface area contributed by atoms with Crippen molar-refractivity contribution in [3.8, 4) is 5.69 Å². The Kier molecular flexibility index (Phi) is 2.72. The summed E-state index contributed by atoms with van der Waals surface area (Å²) in [6.45, 7) is 4.95. The van der Waals surface area contributed by atoms with Gasteiger partial charge in [0.05, 0.1) is 5.69 Å². The number of aryl methyl sites for hydroxylation is 1. The average Bonchev–Trinajstić information content (AvgIpc) is 2.62. The molecular weight excluding hydrogens is 186 g/mol. The van der Waals surface area contributed by atoms with Crippen LogP contribution in [0.3, 0.4) is 0 Å². The molecule has 0 aliphatic rings. The van der Waals surface area contributed by atoms with E-state index in [0.29, 0.717) is 0 Å². The van der Waals surface area contributed by atoms with Crippen molar-refractivity contribution >= 4 is 5.95 Å². The van der Waals surface area contributed by atoms with Crippen molar-refractivity contribution in [2.24, 2.45) is 0 Å². The van der Waals surface area contributed by atoms with Crippen LogP contribution in [0.15, 0.2) is 36.5 Å². The van der Waals surface area contributed by atoms with Gasteiger partial charge in [0.25, 0.3) is 0 Å². The van der Waals surface area contributed by atoms with Crippen molar-refractivity contribution in [2.45, 2.75) is 13.8 Å². The first-order valence-corrected chi connectivity index (χ1v) is 5.16. The van der Waals surface area contributed by atoms with E-state index in [-0.39, 0.29) is 0 Å². The lowest BCUT2D eigenvalue weighted by Gasteiger charge is -2.07. The molecule has 0 aliphatic carbocycles. The average molecular weight is 201 g/mol. The summed E-state index contributed by atoms with van der Waals surface area (Å²) in [5.74, 6) is 0.904. The second-order valence-corrected chi connectivity index (χ2v) is 3.44. The lowest BCUT2D eigenvalue weighted by atomic mass is 10.3. The van der Waals surface area contributed by atoms with Gasteiger partial charge in [0, 0.05) is 18.4 Å². The smallest absolute Gasteiger partial charge is 0.207 e. The molecule has 0 saturated heterocycles. The molecular formula is C12H15N3. The quantitative estimate of drug-likeness (QED) is 0.827. The minimum Gasteiger partial charge on any atom is -0.356 e. The molecule has 15 heavy (non-hydrogen) atoms. The van der Waals surface area contributed by atoms with Gasteiger partial charge in [0.15, 0.2) is 0 Å². The SMILES string of the molecule is CCNc1nc(C)cn1-c1ccccc1. The molecule has 0 aliphatic heterocycles. The highest BCUT2D eigenvalue weighted by molar-refractivity contribution is 5.42.